The average molecular weight is 419 g/mol. The molecule has 3 heterocycles. The number of hydrogen-bond donors (Lipinski definition) is 2. The Hall–Kier alpha value is -3.68. The number of carbonyl (C=O) groups is 2. The second-order valence-corrected chi connectivity index (χ2v) is 8.02. The maximum Gasteiger partial charge on any atom is 0.253 e. The number of nitrogens with one attached hydrogen (secondary N) is 2. The molecule has 8 nitrogen and oxygen atoms in total. The summed E-state index contributed by atoms with van der Waals surface area (Å²) < 4.78 is 2.04. The smallest absolute Gasteiger partial charge is 0.253 e. The minimum atomic E-state index is -0.245. The molecule has 0 unspecified atom stereocenters. The summed E-state index contributed by atoms with van der Waals surface area (Å²) in [5.74, 6) is 0.773. The van der Waals surface area contributed by atoms with Crippen LogP contribution in [0.15, 0.2) is 55.1 Å². The number of fused-ring (bicyclic) bond motifs is 1. The number of rotatable bonds is 7. The molecule has 1 aliphatic rings. The Morgan fingerprint density at radius 1 is 1.23 bits per heavy atom. The van der Waals surface area contributed by atoms with Crippen molar-refractivity contribution in [3.05, 3.63) is 71.9 Å². The fourth-order valence-corrected chi connectivity index (χ4v) is 3.57. The van der Waals surface area contributed by atoms with Crippen molar-refractivity contribution in [1.82, 2.24) is 19.9 Å². The van der Waals surface area contributed by atoms with E-state index in [2.05, 4.69) is 34.4 Å². The molecule has 8 heteroatoms. The van der Waals surface area contributed by atoms with Gasteiger partial charge in [-0.05, 0) is 17.5 Å². The van der Waals surface area contributed by atoms with Crippen LogP contribution in [0, 0.1) is 5.92 Å². The van der Waals surface area contributed by atoms with Crippen molar-refractivity contribution >= 4 is 23.3 Å². The number of pyridine rings is 1. The summed E-state index contributed by atoms with van der Waals surface area (Å²) in [6.45, 7) is 6.09. The van der Waals surface area contributed by atoms with Crippen molar-refractivity contribution in [2.75, 3.05) is 16.8 Å². The Kier molecular flexibility index (Phi) is 5.97. The van der Waals surface area contributed by atoms with Crippen LogP contribution in [0.4, 0.5) is 11.5 Å². The van der Waals surface area contributed by atoms with E-state index in [0.29, 0.717) is 36.1 Å². The van der Waals surface area contributed by atoms with Crippen molar-refractivity contribution in [3.8, 4) is 0 Å². The predicted molar refractivity (Wildman–Crippen MR) is 119 cm³/mol. The molecule has 0 bridgehead atoms. The second kappa shape index (κ2) is 8.99. The molecular formula is C23H26N6O2. The van der Waals surface area contributed by atoms with E-state index in [-0.39, 0.29) is 18.4 Å². The zero-order valence-electron chi connectivity index (χ0n) is 17.7. The van der Waals surface area contributed by atoms with Gasteiger partial charge in [-0.2, -0.15) is 0 Å². The van der Waals surface area contributed by atoms with Gasteiger partial charge in [0.2, 0.25) is 5.91 Å². The Bertz CT molecular complexity index is 1080. The number of nitrogens with zero attached hydrogens (tertiary/aromatic N) is 4. The Labute approximate surface area is 181 Å². The van der Waals surface area contributed by atoms with Gasteiger partial charge < -0.3 is 20.1 Å². The minimum Gasteiger partial charge on any atom is -0.359 e. The van der Waals surface area contributed by atoms with Crippen LogP contribution in [0.2, 0.25) is 0 Å². The van der Waals surface area contributed by atoms with Gasteiger partial charge >= 0.3 is 0 Å². The van der Waals surface area contributed by atoms with Crippen LogP contribution < -0.4 is 15.5 Å². The molecule has 1 aromatic carbocycles. The van der Waals surface area contributed by atoms with E-state index in [0.717, 1.165) is 17.8 Å². The van der Waals surface area contributed by atoms with E-state index >= 15 is 0 Å². The highest BCUT2D eigenvalue weighted by Crippen LogP contribution is 2.29. The van der Waals surface area contributed by atoms with E-state index in [1.54, 1.807) is 23.5 Å². The third-order valence-corrected chi connectivity index (χ3v) is 5.10. The van der Waals surface area contributed by atoms with Crippen LogP contribution in [0.3, 0.4) is 0 Å². The summed E-state index contributed by atoms with van der Waals surface area (Å²) in [7, 11) is 0. The van der Waals surface area contributed by atoms with E-state index in [4.69, 9.17) is 0 Å². The predicted octanol–water partition coefficient (Wildman–Crippen LogP) is 2.82. The zero-order valence-corrected chi connectivity index (χ0v) is 17.7. The fourth-order valence-electron chi connectivity index (χ4n) is 3.57. The monoisotopic (exact) mass is 418 g/mol. The molecule has 0 saturated carbocycles. The van der Waals surface area contributed by atoms with Crippen molar-refractivity contribution in [1.29, 1.82) is 0 Å². The summed E-state index contributed by atoms with van der Waals surface area (Å²) in [6.07, 6.45) is 5.07. The van der Waals surface area contributed by atoms with Crippen LogP contribution in [-0.4, -0.2) is 32.9 Å². The third-order valence-electron chi connectivity index (χ3n) is 5.10. The lowest BCUT2D eigenvalue weighted by atomic mass is 10.1. The molecule has 0 spiro atoms. The Balaban J connectivity index is 1.51. The van der Waals surface area contributed by atoms with E-state index in [9.17, 15) is 9.59 Å². The molecule has 31 heavy (non-hydrogen) atoms. The van der Waals surface area contributed by atoms with Gasteiger partial charge in [-0.15, -0.1) is 0 Å². The van der Waals surface area contributed by atoms with Crippen molar-refractivity contribution in [2.45, 2.75) is 33.5 Å². The quantitative estimate of drug-likeness (QED) is 0.616. The van der Waals surface area contributed by atoms with Gasteiger partial charge in [0.1, 0.15) is 0 Å². The summed E-state index contributed by atoms with van der Waals surface area (Å²) in [5.41, 5.74) is 2.97. The lowest BCUT2D eigenvalue weighted by Gasteiger charge is -2.29. The van der Waals surface area contributed by atoms with Gasteiger partial charge in [-0.3, -0.25) is 9.59 Å². The Morgan fingerprint density at radius 2 is 2.03 bits per heavy atom. The van der Waals surface area contributed by atoms with E-state index in [1.807, 2.05) is 34.9 Å². The molecule has 0 radical (unpaired) electrons. The number of benzene rings is 1. The molecule has 0 saturated heterocycles. The largest absolute Gasteiger partial charge is 0.359 e. The number of imidazole rings is 1. The highest BCUT2D eigenvalue weighted by molar-refractivity contribution is 6.04. The molecule has 2 amide bonds. The lowest BCUT2D eigenvalue weighted by molar-refractivity contribution is -0.117. The van der Waals surface area contributed by atoms with Crippen LogP contribution in [-0.2, 0) is 24.4 Å². The van der Waals surface area contributed by atoms with Gasteiger partial charge in [0.15, 0.2) is 5.82 Å². The first-order valence-electron chi connectivity index (χ1n) is 10.4. The first-order chi connectivity index (χ1) is 15.0. The summed E-state index contributed by atoms with van der Waals surface area (Å²) in [6, 6.07) is 11.5. The van der Waals surface area contributed by atoms with Crippen LogP contribution in [0.25, 0.3) is 0 Å². The molecule has 2 N–H and O–H groups in total. The number of amides is 2. The molecule has 0 fully saturated rings. The second-order valence-electron chi connectivity index (χ2n) is 8.02. The van der Waals surface area contributed by atoms with Crippen molar-refractivity contribution in [2.24, 2.45) is 5.92 Å². The Morgan fingerprint density at radius 3 is 2.81 bits per heavy atom. The summed E-state index contributed by atoms with van der Waals surface area (Å²) in [4.78, 5) is 35.6. The SMILES string of the molecule is CC(C)Cn1cncc1CNC(=O)c1cnc2c(c1)N(Cc1ccccc1)C(=O)CN2. The molecule has 0 atom stereocenters. The van der Waals surface area contributed by atoms with Gasteiger partial charge in [-0.1, -0.05) is 44.2 Å². The maximum atomic E-state index is 12.8. The maximum absolute atomic E-state index is 12.8. The summed E-state index contributed by atoms with van der Waals surface area (Å²) in [5, 5.41) is 5.96. The summed E-state index contributed by atoms with van der Waals surface area (Å²) >= 11 is 0. The van der Waals surface area contributed by atoms with Crippen molar-refractivity contribution < 1.29 is 9.59 Å². The number of carbonyl (C=O) groups excluding carboxylic acids is 2. The molecular weight excluding hydrogens is 392 g/mol. The number of aromatic nitrogens is 3. The van der Waals surface area contributed by atoms with Crippen LogP contribution >= 0.6 is 0 Å². The van der Waals surface area contributed by atoms with Gasteiger partial charge in [0.05, 0.1) is 42.9 Å². The van der Waals surface area contributed by atoms with E-state index in [1.165, 1.54) is 6.20 Å². The highest BCUT2D eigenvalue weighted by atomic mass is 16.2. The molecule has 2 aromatic heterocycles. The molecule has 4 rings (SSSR count). The van der Waals surface area contributed by atoms with Gasteiger partial charge in [0.25, 0.3) is 5.91 Å². The highest BCUT2D eigenvalue weighted by Gasteiger charge is 2.26. The molecule has 160 valence electrons. The van der Waals surface area contributed by atoms with Crippen LogP contribution in [0.1, 0.15) is 35.5 Å². The normalized spacial score (nSPS) is 13.1. The first-order valence-corrected chi connectivity index (χ1v) is 10.4. The first kappa shape index (κ1) is 20.6. The molecule has 0 aliphatic carbocycles. The number of anilines is 2. The topological polar surface area (TPSA) is 92.2 Å². The van der Waals surface area contributed by atoms with Gasteiger partial charge in [0, 0.05) is 18.9 Å². The van der Waals surface area contributed by atoms with Crippen molar-refractivity contribution in [3.63, 3.8) is 0 Å². The van der Waals surface area contributed by atoms with E-state index < -0.39 is 0 Å². The standard InChI is InChI=1S/C23H26N6O2/c1-16(2)13-28-15-24-10-19(28)11-27-23(31)18-8-20-22(25-9-18)26-12-21(30)29(20)14-17-6-4-3-5-7-17/h3-10,15-16H,11-14H2,1-2H3,(H,25,26)(H,27,31). The molecule has 3 aromatic rings. The zero-order chi connectivity index (χ0) is 21.8. The van der Waals surface area contributed by atoms with Crippen LogP contribution in [0.5, 0.6) is 0 Å². The third kappa shape index (κ3) is 4.74. The number of hydrogen-bond acceptors (Lipinski definition) is 5. The fraction of sp³-hybridized carbons (Fsp3) is 0.304. The minimum absolute atomic E-state index is 0.0618. The average Bonchev–Trinajstić information content (AvgIpc) is 3.20. The lowest BCUT2D eigenvalue weighted by Crippen LogP contribution is -2.40. The molecule has 1 aliphatic heterocycles. The van der Waals surface area contributed by atoms with Gasteiger partial charge in [-0.25, -0.2) is 9.97 Å².